The number of halogens is 2. The van der Waals surface area contributed by atoms with E-state index in [2.05, 4.69) is 0 Å². The third-order valence-corrected chi connectivity index (χ3v) is 2.08. The highest BCUT2D eigenvalue weighted by atomic mass is 19.1. The SMILES string of the molecule is CN(CCC#N)C(=O)c1c(F)cccc1F. The van der Waals surface area contributed by atoms with Gasteiger partial charge in [-0.05, 0) is 12.1 Å². The average Bonchev–Trinajstić information content (AvgIpc) is 2.25. The van der Waals surface area contributed by atoms with Gasteiger partial charge in [-0.1, -0.05) is 6.07 Å². The second kappa shape index (κ2) is 5.21. The van der Waals surface area contributed by atoms with E-state index in [9.17, 15) is 13.6 Å². The van der Waals surface area contributed by atoms with Crippen molar-refractivity contribution in [2.75, 3.05) is 13.6 Å². The van der Waals surface area contributed by atoms with E-state index in [0.29, 0.717) is 0 Å². The Hall–Kier alpha value is -1.96. The van der Waals surface area contributed by atoms with Crippen molar-refractivity contribution in [2.24, 2.45) is 0 Å². The van der Waals surface area contributed by atoms with Crippen LogP contribution in [0.2, 0.25) is 0 Å². The summed E-state index contributed by atoms with van der Waals surface area (Å²) in [4.78, 5) is 12.7. The Morgan fingerprint density at radius 2 is 2.00 bits per heavy atom. The Bertz CT molecular complexity index is 420. The van der Waals surface area contributed by atoms with Gasteiger partial charge in [-0.15, -0.1) is 0 Å². The maximum absolute atomic E-state index is 13.2. The Labute approximate surface area is 91.9 Å². The lowest BCUT2D eigenvalue weighted by Crippen LogP contribution is -2.29. The van der Waals surface area contributed by atoms with E-state index >= 15 is 0 Å². The lowest BCUT2D eigenvalue weighted by molar-refractivity contribution is 0.0788. The molecule has 16 heavy (non-hydrogen) atoms. The monoisotopic (exact) mass is 224 g/mol. The van der Waals surface area contributed by atoms with Gasteiger partial charge in [-0.3, -0.25) is 4.79 Å². The third-order valence-electron chi connectivity index (χ3n) is 2.08. The first-order valence-electron chi connectivity index (χ1n) is 4.64. The number of hydrogen-bond donors (Lipinski definition) is 0. The fourth-order valence-corrected chi connectivity index (χ4v) is 1.21. The summed E-state index contributed by atoms with van der Waals surface area (Å²) in [5, 5.41) is 8.34. The first-order chi connectivity index (χ1) is 7.57. The van der Waals surface area contributed by atoms with Crippen molar-refractivity contribution in [3.05, 3.63) is 35.4 Å². The molecule has 84 valence electrons. The smallest absolute Gasteiger partial charge is 0.259 e. The van der Waals surface area contributed by atoms with E-state index in [1.807, 2.05) is 6.07 Å². The summed E-state index contributed by atoms with van der Waals surface area (Å²) < 4.78 is 26.5. The Kier molecular flexibility index (Phi) is 3.95. The van der Waals surface area contributed by atoms with Crippen LogP contribution in [0.3, 0.4) is 0 Å². The zero-order valence-electron chi connectivity index (χ0n) is 8.70. The highest BCUT2D eigenvalue weighted by Gasteiger charge is 2.19. The van der Waals surface area contributed by atoms with Gasteiger partial charge in [0.15, 0.2) is 0 Å². The van der Waals surface area contributed by atoms with Crippen LogP contribution in [-0.4, -0.2) is 24.4 Å². The number of nitriles is 1. The van der Waals surface area contributed by atoms with Crippen molar-refractivity contribution in [1.82, 2.24) is 4.90 Å². The molecule has 0 saturated carbocycles. The summed E-state index contributed by atoms with van der Waals surface area (Å²) in [6, 6.07) is 5.09. The van der Waals surface area contributed by atoms with Gasteiger partial charge in [0.1, 0.15) is 17.2 Å². The molecule has 5 heteroatoms. The second-order valence-electron chi connectivity index (χ2n) is 3.23. The first-order valence-corrected chi connectivity index (χ1v) is 4.64. The van der Waals surface area contributed by atoms with E-state index in [1.165, 1.54) is 13.1 Å². The van der Waals surface area contributed by atoms with Gasteiger partial charge in [-0.25, -0.2) is 8.78 Å². The van der Waals surface area contributed by atoms with Gasteiger partial charge in [0.25, 0.3) is 5.91 Å². The normalized spacial score (nSPS) is 9.62. The predicted octanol–water partition coefficient (Wildman–Crippen LogP) is 1.95. The summed E-state index contributed by atoms with van der Waals surface area (Å²) in [6.45, 7) is 0.142. The molecule has 0 atom stereocenters. The van der Waals surface area contributed by atoms with Gasteiger partial charge in [0.05, 0.1) is 12.5 Å². The van der Waals surface area contributed by atoms with E-state index in [1.54, 1.807) is 0 Å². The molecular weight excluding hydrogens is 214 g/mol. The number of hydrogen-bond acceptors (Lipinski definition) is 2. The third kappa shape index (κ3) is 2.54. The minimum absolute atomic E-state index is 0.123. The number of rotatable bonds is 3. The fraction of sp³-hybridized carbons (Fsp3) is 0.273. The number of carbonyl (C=O) groups excluding carboxylic acids is 1. The van der Waals surface area contributed by atoms with Crippen LogP contribution in [0.25, 0.3) is 0 Å². The van der Waals surface area contributed by atoms with E-state index < -0.39 is 23.1 Å². The molecule has 0 radical (unpaired) electrons. The Balaban J connectivity index is 2.93. The van der Waals surface area contributed by atoms with E-state index in [4.69, 9.17) is 5.26 Å². The quantitative estimate of drug-likeness (QED) is 0.787. The number of nitrogens with zero attached hydrogens (tertiary/aromatic N) is 2. The maximum atomic E-state index is 13.2. The molecule has 1 aromatic rings. The minimum Gasteiger partial charge on any atom is -0.340 e. The molecule has 0 unspecified atom stereocenters. The molecular formula is C11H10F2N2O. The molecule has 0 N–H and O–H groups in total. The van der Waals surface area contributed by atoms with Gasteiger partial charge in [0.2, 0.25) is 0 Å². The Morgan fingerprint density at radius 3 is 2.50 bits per heavy atom. The molecule has 0 fully saturated rings. The van der Waals surface area contributed by atoms with Gasteiger partial charge in [-0.2, -0.15) is 5.26 Å². The standard InChI is InChI=1S/C11H10F2N2O/c1-15(7-3-6-14)11(16)10-8(12)4-2-5-9(10)13/h2,4-5H,3,7H2,1H3. The van der Waals surface area contributed by atoms with Crippen LogP contribution in [0.5, 0.6) is 0 Å². The second-order valence-corrected chi connectivity index (χ2v) is 3.23. The first kappa shape index (κ1) is 12.1. The molecule has 0 heterocycles. The summed E-state index contributed by atoms with van der Waals surface area (Å²) in [7, 11) is 1.39. The minimum atomic E-state index is -0.895. The van der Waals surface area contributed by atoms with Gasteiger partial charge in [0, 0.05) is 13.6 Å². The molecule has 0 aliphatic heterocycles. The number of amides is 1. The zero-order chi connectivity index (χ0) is 12.1. The number of carbonyl (C=O) groups is 1. The number of benzene rings is 1. The van der Waals surface area contributed by atoms with Crippen LogP contribution in [0.1, 0.15) is 16.8 Å². The van der Waals surface area contributed by atoms with Crippen molar-refractivity contribution >= 4 is 5.91 Å². The van der Waals surface area contributed by atoms with Crippen LogP contribution >= 0.6 is 0 Å². The fourth-order valence-electron chi connectivity index (χ4n) is 1.21. The van der Waals surface area contributed by atoms with Crippen molar-refractivity contribution in [3.8, 4) is 6.07 Å². The highest BCUT2D eigenvalue weighted by Crippen LogP contribution is 2.14. The van der Waals surface area contributed by atoms with Gasteiger partial charge >= 0.3 is 0 Å². The molecule has 3 nitrogen and oxygen atoms in total. The van der Waals surface area contributed by atoms with E-state index in [0.717, 1.165) is 17.0 Å². The van der Waals surface area contributed by atoms with Crippen LogP contribution in [0, 0.1) is 23.0 Å². The molecule has 1 rings (SSSR count). The molecule has 1 amide bonds. The van der Waals surface area contributed by atoms with Crippen molar-refractivity contribution < 1.29 is 13.6 Å². The van der Waals surface area contributed by atoms with Crippen LogP contribution < -0.4 is 0 Å². The molecule has 0 saturated heterocycles. The van der Waals surface area contributed by atoms with Crippen molar-refractivity contribution in [2.45, 2.75) is 6.42 Å². The molecule has 1 aromatic carbocycles. The molecule has 0 aliphatic rings. The van der Waals surface area contributed by atoms with Crippen molar-refractivity contribution in [3.63, 3.8) is 0 Å². The largest absolute Gasteiger partial charge is 0.340 e. The molecule has 0 aliphatic carbocycles. The van der Waals surface area contributed by atoms with Crippen molar-refractivity contribution in [1.29, 1.82) is 5.26 Å². The topological polar surface area (TPSA) is 44.1 Å². The highest BCUT2D eigenvalue weighted by molar-refractivity contribution is 5.94. The summed E-state index contributed by atoms with van der Waals surface area (Å²) in [6.07, 6.45) is 0.123. The van der Waals surface area contributed by atoms with Crippen LogP contribution in [0.4, 0.5) is 8.78 Å². The van der Waals surface area contributed by atoms with E-state index in [-0.39, 0.29) is 13.0 Å². The molecule has 0 spiro atoms. The van der Waals surface area contributed by atoms with Gasteiger partial charge < -0.3 is 4.90 Å². The average molecular weight is 224 g/mol. The predicted molar refractivity (Wildman–Crippen MR) is 53.5 cm³/mol. The summed E-state index contributed by atoms with van der Waals surface area (Å²) in [5.74, 6) is -2.55. The summed E-state index contributed by atoms with van der Waals surface area (Å²) >= 11 is 0. The molecule has 0 aromatic heterocycles. The Morgan fingerprint density at radius 1 is 1.44 bits per heavy atom. The lowest BCUT2D eigenvalue weighted by atomic mass is 10.1. The van der Waals surface area contributed by atoms with Crippen LogP contribution in [0.15, 0.2) is 18.2 Å². The van der Waals surface area contributed by atoms with Crippen LogP contribution in [-0.2, 0) is 0 Å². The summed E-state index contributed by atoms with van der Waals surface area (Å²) in [5.41, 5.74) is -0.581. The molecule has 0 bridgehead atoms. The zero-order valence-corrected chi connectivity index (χ0v) is 8.70. The maximum Gasteiger partial charge on any atom is 0.259 e. The lowest BCUT2D eigenvalue weighted by Gasteiger charge is -2.16.